The van der Waals surface area contributed by atoms with E-state index < -0.39 is 0 Å². The number of hydrogen-bond donors (Lipinski definition) is 2. The fourth-order valence-electron chi connectivity index (χ4n) is 1.77. The smallest absolute Gasteiger partial charge is 0.251 e. The van der Waals surface area contributed by atoms with Crippen molar-refractivity contribution in [1.29, 1.82) is 0 Å². The van der Waals surface area contributed by atoms with Crippen LogP contribution in [0.25, 0.3) is 0 Å². The summed E-state index contributed by atoms with van der Waals surface area (Å²) in [5, 5.41) is 12.8. The molecule has 5 heteroatoms. The van der Waals surface area contributed by atoms with Crippen LogP contribution in [0, 0.1) is 0 Å². The van der Waals surface area contributed by atoms with Crippen molar-refractivity contribution >= 4 is 29.1 Å². The Morgan fingerprint density at radius 2 is 1.65 bits per heavy atom. The summed E-state index contributed by atoms with van der Waals surface area (Å²) in [6.07, 6.45) is 0.681. The average Bonchev–Trinajstić information content (AvgIpc) is 2.40. The summed E-state index contributed by atoms with van der Waals surface area (Å²) in [4.78, 5) is 11.9. The molecule has 104 valence electrons. The molecule has 0 atom stereocenters. The molecule has 0 aliphatic heterocycles. The van der Waals surface area contributed by atoms with E-state index in [1.165, 1.54) is 0 Å². The molecule has 20 heavy (non-hydrogen) atoms. The zero-order valence-corrected chi connectivity index (χ0v) is 12.1. The molecule has 0 heterocycles. The number of rotatable bonds is 4. The Morgan fingerprint density at radius 3 is 2.25 bits per heavy atom. The van der Waals surface area contributed by atoms with Crippen LogP contribution in [0.1, 0.15) is 15.9 Å². The van der Waals surface area contributed by atoms with Crippen molar-refractivity contribution in [3.63, 3.8) is 0 Å². The van der Waals surface area contributed by atoms with E-state index in [4.69, 9.17) is 23.2 Å². The Bertz CT molecular complexity index is 592. The van der Waals surface area contributed by atoms with Crippen LogP contribution in [-0.2, 0) is 6.42 Å². The van der Waals surface area contributed by atoms with E-state index in [9.17, 15) is 9.90 Å². The molecule has 0 fully saturated rings. The van der Waals surface area contributed by atoms with Gasteiger partial charge in [0.1, 0.15) is 5.75 Å². The molecule has 1 amide bonds. The van der Waals surface area contributed by atoms with E-state index in [0.717, 1.165) is 5.56 Å². The topological polar surface area (TPSA) is 49.3 Å². The first-order valence-electron chi connectivity index (χ1n) is 6.07. The molecule has 0 aromatic heterocycles. The average molecular weight is 310 g/mol. The molecular formula is C15H13Cl2NO2. The number of aromatic hydroxyl groups is 1. The molecule has 2 aromatic carbocycles. The highest BCUT2D eigenvalue weighted by Crippen LogP contribution is 2.19. The Morgan fingerprint density at radius 1 is 1.05 bits per heavy atom. The molecule has 2 N–H and O–H groups in total. The van der Waals surface area contributed by atoms with E-state index in [2.05, 4.69) is 5.32 Å². The predicted molar refractivity (Wildman–Crippen MR) is 80.6 cm³/mol. The van der Waals surface area contributed by atoms with Gasteiger partial charge in [-0.25, -0.2) is 0 Å². The van der Waals surface area contributed by atoms with Gasteiger partial charge in [0.25, 0.3) is 5.91 Å². The second-order valence-corrected chi connectivity index (χ2v) is 5.20. The molecule has 0 bridgehead atoms. The summed E-state index contributed by atoms with van der Waals surface area (Å²) in [6.45, 7) is 0.494. The van der Waals surface area contributed by atoms with Gasteiger partial charge in [0.15, 0.2) is 0 Å². The first-order valence-corrected chi connectivity index (χ1v) is 6.82. The molecule has 0 spiro atoms. The molecule has 2 aromatic rings. The SMILES string of the molecule is O=C(NCCc1ccc(O)cc1)c1cc(Cl)cc(Cl)c1. The number of phenolic OH excluding ortho intramolecular Hbond substituents is 1. The van der Waals surface area contributed by atoms with Crippen molar-refractivity contribution in [3.8, 4) is 5.75 Å². The van der Waals surface area contributed by atoms with E-state index in [-0.39, 0.29) is 11.7 Å². The van der Waals surface area contributed by atoms with Crippen molar-refractivity contribution in [2.75, 3.05) is 6.54 Å². The minimum atomic E-state index is -0.215. The molecule has 3 nitrogen and oxygen atoms in total. The Kier molecular flexibility index (Phi) is 4.88. The summed E-state index contributed by atoms with van der Waals surface area (Å²) in [7, 11) is 0. The lowest BCUT2D eigenvalue weighted by molar-refractivity contribution is 0.0954. The third-order valence-corrected chi connectivity index (χ3v) is 3.20. The van der Waals surface area contributed by atoms with Gasteiger partial charge in [-0.15, -0.1) is 0 Å². The van der Waals surface area contributed by atoms with Crippen LogP contribution < -0.4 is 5.32 Å². The van der Waals surface area contributed by atoms with Gasteiger partial charge < -0.3 is 10.4 Å². The molecular weight excluding hydrogens is 297 g/mol. The number of halogens is 2. The van der Waals surface area contributed by atoms with Crippen molar-refractivity contribution in [1.82, 2.24) is 5.32 Å². The number of amides is 1. The standard InChI is InChI=1S/C15H13Cl2NO2/c16-12-7-11(8-13(17)9-12)15(20)18-6-5-10-1-3-14(19)4-2-10/h1-4,7-9,19H,5-6H2,(H,18,20). The maximum atomic E-state index is 11.9. The molecule has 2 rings (SSSR count). The van der Waals surface area contributed by atoms with Crippen LogP contribution in [0.2, 0.25) is 10.0 Å². The molecule has 0 unspecified atom stereocenters. The van der Waals surface area contributed by atoms with Crippen LogP contribution in [0.15, 0.2) is 42.5 Å². The Balaban J connectivity index is 1.90. The quantitative estimate of drug-likeness (QED) is 0.905. The second-order valence-electron chi connectivity index (χ2n) is 4.33. The third-order valence-electron chi connectivity index (χ3n) is 2.76. The largest absolute Gasteiger partial charge is 0.508 e. The molecule has 0 aliphatic carbocycles. The third kappa shape index (κ3) is 4.15. The van der Waals surface area contributed by atoms with Crippen LogP contribution in [-0.4, -0.2) is 17.6 Å². The summed E-state index contributed by atoms with van der Waals surface area (Å²) in [5.74, 6) is 0.0135. The highest BCUT2D eigenvalue weighted by atomic mass is 35.5. The van der Waals surface area contributed by atoms with E-state index in [1.807, 2.05) is 12.1 Å². The van der Waals surface area contributed by atoms with Crippen molar-refractivity contribution in [3.05, 3.63) is 63.6 Å². The predicted octanol–water partition coefficient (Wildman–Crippen LogP) is 3.67. The fraction of sp³-hybridized carbons (Fsp3) is 0.133. The van der Waals surface area contributed by atoms with Gasteiger partial charge in [-0.2, -0.15) is 0 Å². The zero-order valence-electron chi connectivity index (χ0n) is 10.6. The number of benzene rings is 2. The van der Waals surface area contributed by atoms with E-state index >= 15 is 0 Å². The minimum Gasteiger partial charge on any atom is -0.508 e. The lowest BCUT2D eigenvalue weighted by atomic mass is 10.1. The Hall–Kier alpha value is -1.71. The molecule has 0 saturated carbocycles. The van der Waals surface area contributed by atoms with Crippen LogP contribution in [0.3, 0.4) is 0 Å². The summed E-state index contributed by atoms with van der Waals surface area (Å²) in [5.41, 5.74) is 1.47. The van der Waals surface area contributed by atoms with Gasteiger partial charge in [0, 0.05) is 22.2 Å². The number of phenols is 1. The van der Waals surface area contributed by atoms with Gasteiger partial charge in [0.2, 0.25) is 0 Å². The summed E-state index contributed by atoms with van der Waals surface area (Å²) >= 11 is 11.7. The number of carbonyl (C=O) groups is 1. The van der Waals surface area contributed by atoms with E-state index in [0.29, 0.717) is 28.6 Å². The van der Waals surface area contributed by atoms with Crippen molar-refractivity contribution < 1.29 is 9.90 Å². The monoisotopic (exact) mass is 309 g/mol. The maximum Gasteiger partial charge on any atom is 0.251 e. The first-order chi connectivity index (χ1) is 9.54. The Labute approximate surface area is 127 Å². The zero-order chi connectivity index (χ0) is 14.5. The number of nitrogens with one attached hydrogen (secondary N) is 1. The van der Waals surface area contributed by atoms with Gasteiger partial charge in [-0.3, -0.25) is 4.79 Å². The van der Waals surface area contributed by atoms with Crippen molar-refractivity contribution in [2.24, 2.45) is 0 Å². The normalized spacial score (nSPS) is 10.3. The van der Waals surface area contributed by atoms with Crippen LogP contribution in [0.5, 0.6) is 5.75 Å². The second kappa shape index (κ2) is 6.64. The number of carbonyl (C=O) groups excluding carboxylic acids is 1. The van der Waals surface area contributed by atoms with Gasteiger partial charge in [0.05, 0.1) is 0 Å². The van der Waals surface area contributed by atoms with Gasteiger partial charge >= 0.3 is 0 Å². The maximum absolute atomic E-state index is 11.9. The van der Waals surface area contributed by atoms with Crippen LogP contribution >= 0.6 is 23.2 Å². The highest BCUT2D eigenvalue weighted by molar-refractivity contribution is 6.35. The van der Waals surface area contributed by atoms with Crippen LogP contribution in [0.4, 0.5) is 0 Å². The first kappa shape index (κ1) is 14.7. The van der Waals surface area contributed by atoms with E-state index in [1.54, 1.807) is 30.3 Å². The van der Waals surface area contributed by atoms with Crippen molar-refractivity contribution in [2.45, 2.75) is 6.42 Å². The minimum absolute atomic E-state index is 0.215. The van der Waals surface area contributed by atoms with Gasteiger partial charge in [-0.05, 0) is 42.3 Å². The van der Waals surface area contributed by atoms with Gasteiger partial charge in [-0.1, -0.05) is 35.3 Å². The number of hydrogen-bond acceptors (Lipinski definition) is 2. The summed E-state index contributed by atoms with van der Waals surface area (Å²) in [6, 6.07) is 11.6. The summed E-state index contributed by atoms with van der Waals surface area (Å²) < 4.78 is 0. The lowest BCUT2D eigenvalue weighted by Crippen LogP contribution is -2.25. The fourth-order valence-corrected chi connectivity index (χ4v) is 2.30. The molecule has 0 aliphatic rings. The molecule has 0 saturated heterocycles. The lowest BCUT2D eigenvalue weighted by Gasteiger charge is -2.06. The molecule has 0 radical (unpaired) electrons. The highest BCUT2D eigenvalue weighted by Gasteiger charge is 2.07.